The fraction of sp³-hybridized carbons (Fsp3) is 0.233. The normalized spacial score (nSPS) is 16.8. The van der Waals surface area contributed by atoms with Gasteiger partial charge in [0.25, 0.3) is 5.78 Å². The lowest BCUT2D eigenvalue weighted by atomic mass is 9.91. The van der Waals surface area contributed by atoms with Crippen LogP contribution in [0.3, 0.4) is 0 Å². The van der Waals surface area contributed by atoms with Crippen molar-refractivity contribution in [2.24, 2.45) is 0 Å². The first-order valence-electron chi connectivity index (χ1n) is 12.5. The molecule has 1 aromatic heterocycles. The van der Waals surface area contributed by atoms with Gasteiger partial charge >= 0.3 is 5.91 Å². The number of ketones is 1. The molecule has 206 valence electrons. The molecule has 2 heterocycles. The number of benzene rings is 3. The number of anilines is 1. The van der Waals surface area contributed by atoms with Crippen molar-refractivity contribution >= 4 is 34.4 Å². The molecule has 1 aliphatic rings. The number of nitrogens with zero attached hydrogens (tertiary/aromatic N) is 2. The number of aliphatic hydroxyl groups excluding tert-OH is 1. The Morgan fingerprint density at radius 1 is 1.05 bits per heavy atom. The molecule has 4 aromatic rings. The molecule has 10 heteroatoms. The third-order valence-electron chi connectivity index (χ3n) is 7.05. The minimum absolute atomic E-state index is 0.0371. The summed E-state index contributed by atoms with van der Waals surface area (Å²) in [5.74, 6) is -3.45. The van der Waals surface area contributed by atoms with E-state index in [1.807, 2.05) is 13.8 Å². The summed E-state index contributed by atoms with van der Waals surface area (Å²) in [5.41, 5.74) is 2.28. The smallest absolute Gasteiger partial charge is 0.302 e. The van der Waals surface area contributed by atoms with Crippen molar-refractivity contribution in [1.82, 2.24) is 9.97 Å². The lowest BCUT2D eigenvalue weighted by Crippen LogP contribution is -2.30. The van der Waals surface area contributed by atoms with Crippen LogP contribution in [-0.4, -0.2) is 41.0 Å². The van der Waals surface area contributed by atoms with Crippen LogP contribution in [0.2, 0.25) is 0 Å². The summed E-state index contributed by atoms with van der Waals surface area (Å²) in [6.07, 6.45) is 0. The lowest BCUT2D eigenvalue weighted by molar-refractivity contribution is -0.132. The number of amides is 1. The highest BCUT2D eigenvalue weighted by Gasteiger charge is 2.48. The van der Waals surface area contributed by atoms with Crippen molar-refractivity contribution in [3.05, 3.63) is 88.0 Å². The molecule has 0 radical (unpaired) electrons. The van der Waals surface area contributed by atoms with Gasteiger partial charge in [-0.25, -0.2) is 13.8 Å². The van der Waals surface area contributed by atoms with Gasteiger partial charge in [0.05, 0.1) is 36.9 Å². The van der Waals surface area contributed by atoms with E-state index in [4.69, 9.17) is 9.47 Å². The summed E-state index contributed by atoms with van der Waals surface area (Å²) in [7, 11) is 3.03. The van der Waals surface area contributed by atoms with Gasteiger partial charge < -0.3 is 19.6 Å². The number of rotatable bonds is 6. The molecule has 0 saturated carbocycles. The molecule has 1 atom stereocenters. The van der Waals surface area contributed by atoms with Crippen LogP contribution in [0.25, 0.3) is 16.8 Å². The Labute approximate surface area is 228 Å². The molecule has 2 N–H and O–H groups in total. The first kappa shape index (κ1) is 26.9. The standard InChI is InChI=1S/C30H27F2N3O5/c1-14(2)18-11-19(15(3)9-24(18)40-5)27(36)25-26(16-7-6-8-17(10-16)39-4)35(29(38)28(25)37)30-33-22-12-20(31)21(32)13-23(22)34-30/h6-14,26,36H,1-5H3,(H,33,34)/b27-25+. The summed E-state index contributed by atoms with van der Waals surface area (Å²) >= 11 is 0. The molecule has 8 nitrogen and oxygen atoms in total. The summed E-state index contributed by atoms with van der Waals surface area (Å²) in [5, 5.41) is 11.7. The van der Waals surface area contributed by atoms with E-state index in [1.54, 1.807) is 50.4 Å². The van der Waals surface area contributed by atoms with Crippen molar-refractivity contribution in [1.29, 1.82) is 0 Å². The van der Waals surface area contributed by atoms with Gasteiger partial charge in [-0.3, -0.25) is 14.5 Å². The first-order valence-corrected chi connectivity index (χ1v) is 12.5. The van der Waals surface area contributed by atoms with Gasteiger partial charge in [-0.1, -0.05) is 26.0 Å². The molecule has 3 aromatic carbocycles. The molecule has 0 bridgehead atoms. The molecule has 1 aliphatic heterocycles. The zero-order valence-corrected chi connectivity index (χ0v) is 22.5. The number of aliphatic hydroxyl groups is 1. The number of methoxy groups -OCH3 is 2. The van der Waals surface area contributed by atoms with Crippen LogP contribution >= 0.6 is 0 Å². The quantitative estimate of drug-likeness (QED) is 0.177. The monoisotopic (exact) mass is 547 g/mol. The van der Waals surface area contributed by atoms with Crippen LogP contribution in [-0.2, 0) is 9.59 Å². The number of halogens is 2. The van der Waals surface area contributed by atoms with Crippen LogP contribution in [0.15, 0.2) is 54.1 Å². The van der Waals surface area contributed by atoms with E-state index < -0.39 is 29.4 Å². The highest BCUT2D eigenvalue weighted by Crippen LogP contribution is 2.43. The Hall–Kier alpha value is -4.73. The first-order chi connectivity index (χ1) is 19.0. The Kier molecular flexibility index (Phi) is 6.79. The average Bonchev–Trinajstić information content (AvgIpc) is 3.45. The number of aromatic nitrogens is 2. The van der Waals surface area contributed by atoms with E-state index in [-0.39, 0.29) is 34.2 Å². The zero-order chi connectivity index (χ0) is 28.9. The number of ether oxygens (including phenoxy) is 2. The molecule has 5 rings (SSSR count). The van der Waals surface area contributed by atoms with Gasteiger partial charge in [0.2, 0.25) is 5.95 Å². The Balaban J connectivity index is 1.77. The largest absolute Gasteiger partial charge is 0.507 e. The minimum atomic E-state index is -1.13. The van der Waals surface area contributed by atoms with Gasteiger partial charge in [-0.2, -0.15) is 0 Å². The van der Waals surface area contributed by atoms with E-state index in [0.717, 1.165) is 22.6 Å². The second-order valence-corrected chi connectivity index (χ2v) is 9.85. The van der Waals surface area contributed by atoms with Crippen LogP contribution in [0, 0.1) is 18.6 Å². The maximum absolute atomic E-state index is 13.9. The number of nitrogens with one attached hydrogen (secondary N) is 1. The fourth-order valence-corrected chi connectivity index (χ4v) is 5.01. The maximum atomic E-state index is 13.9. The Morgan fingerprint density at radius 2 is 1.77 bits per heavy atom. The molecule has 40 heavy (non-hydrogen) atoms. The van der Waals surface area contributed by atoms with Crippen molar-refractivity contribution in [2.75, 3.05) is 19.1 Å². The van der Waals surface area contributed by atoms with Gasteiger partial charge in [-0.05, 0) is 53.8 Å². The number of Topliss-reactive ketones (excluding diaryl/α,β-unsaturated/α-hetero) is 1. The Bertz CT molecular complexity index is 1670. The van der Waals surface area contributed by atoms with Crippen molar-refractivity contribution < 1.29 is 33.0 Å². The summed E-state index contributed by atoms with van der Waals surface area (Å²) in [4.78, 5) is 35.3. The molecule has 1 amide bonds. The van der Waals surface area contributed by atoms with Gasteiger partial charge in [0.1, 0.15) is 17.3 Å². The lowest BCUT2D eigenvalue weighted by Gasteiger charge is -2.24. The van der Waals surface area contributed by atoms with E-state index >= 15 is 0 Å². The molecular weight excluding hydrogens is 520 g/mol. The molecule has 1 unspecified atom stereocenters. The predicted molar refractivity (Wildman–Crippen MR) is 146 cm³/mol. The third-order valence-corrected chi connectivity index (χ3v) is 7.05. The highest BCUT2D eigenvalue weighted by molar-refractivity contribution is 6.51. The van der Waals surface area contributed by atoms with Crippen LogP contribution in [0.1, 0.15) is 48.1 Å². The summed E-state index contributed by atoms with van der Waals surface area (Å²) < 4.78 is 38.7. The molecule has 0 aliphatic carbocycles. The number of carbonyl (C=O) groups is 2. The minimum Gasteiger partial charge on any atom is -0.507 e. The number of hydrogen-bond acceptors (Lipinski definition) is 6. The molecule has 1 saturated heterocycles. The summed E-state index contributed by atoms with van der Waals surface area (Å²) in [6, 6.07) is 10.9. The number of aromatic amines is 1. The van der Waals surface area contributed by atoms with E-state index in [9.17, 15) is 23.5 Å². The number of imidazole rings is 1. The fourth-order valence-electron chi connectivity index (χ4n) is 5.01. The number of fused-ring (bicyclic) bond motifs is 1. The van der Waals surface area contributed by atoms with Crippen LogP contribution < -0.4 is 14.4 Å². The second-order valence-electron chi connectivity index (χ2n) is 9.85. The van der Waals surface area contributed by atoms with Crippen molar-refractivity contribution in [3.63, 3.8) is 0 Å². The molecule has 0 spiro atoms. The summed E-state index contributed by atoms with van der Waals surface area (Å²) in [6.45, 7) is 5.71. The van der Waals surface area contributed by atoms with Crippen molar-refractivity contribution in [2.45, 2.75) is 32.7 Å². The third kappa shape index (κ3) is 4.35. The average molecular weight is 548 g/mol. The van der Waals surface area contributed by atoms with Crippen LogP contribution in [0.5, 0.6) is 11.5 Å². The van der Waals surface area contributed by atoms with Crippen molar-refractivity contribution in [3.8, 4) is 11.5 Å². The number of carbonyl (C=O) groups excluding carboxylic acids is 2. The molecular formula is C30H27F2N3O5. The van der Waals surface area contributed by atoms with Gasteiger partial charge in [-0.15, -0.1) is 0 Å². The number of H-pyrrole nitrogens is 1. The number of aryl methyl sites for hydroxylation is 1. The maximum Gasteiger partial charge on any atom is 0.302 e. The van der Waals surface area contributed by atoms with Gasteiger partial charge in [0.15, 0.2) is 11.6 Å². The Morgan fingerprint density at radius 3 is 2.45 bits per heavy atom. The highest BCUT2D eigenvalue weighted by atomic mass is 19.2. The van der Waals surface area contributed by atoms with E-state index in [0.29, 0.717) is 28.2 Å². The topological polar surface area (TPSA) is 105 Å². The number of hydrogen-bond donors (Lipinski definition) is 2. The second kappa shape index (κ2) is 10.1. The predicted octanol–water partition coefficient (Wildman–Crippen LogP) is 5.92. The van der Waals surface area contributed by atoms with Gasteiger partial charge in [0, 0.05) is 17.7 Å². The SMILES string of the molecule is COc1cccc(C2/C(=C(\O)c3cc(C(C)C)c(OC)cc3C)C(=O)C(=O)N2c2nc3cc(F)c(F)cc3[nH]2)c1. The van der Waals surface area contributed by atoms with Crippen LogP contribution in [0.4, 0.5) is 14.7 Å². The van der Waals surface area contributed by atoms with E-state index in [2.05, 4.69) is 9.97 Å². The van der Waals surface area contributed by atoms with E-state index in [1.165, 1.54) is 7.11 Å². The zero-order valence-electron chi connectivity index (χ0n) is 22.5. The molecule has 1 fully saturated rings.